The summed E-state index contributed by atoms with van der Waals surface area (Å²) >= 11 is 4.82. The van der Waals surface area contributed by atoms with Gasteiger partial charge in [-0.25, -0.2) is 9.97 Å². The van der Waals surface area contributed by atoms with Gasteiger partial charge in [0.25, 0.3) is 0 Å². The molecule has 0 atom stereocenters. The lowest BCUT2D eigenvalue weighted by atomic mass is 10.3. The van der Waals surface area contributed by atoms with Crippen molar-refractivity contribution in [3.05, 3.63) is 22.3 Å². The quantitative estimate of drug-likeness (QED) is 0.674. The molecule has 0 spiro atoms. The number of hydrogen-bond acceptors (Lipinski definition) is 7. The zero-order valence-corrected chi connectivity index (χ0v) is 11.6. The van der Waals surface area contributed by atoms with Crippen molar-refractivity contribution in [1.82, 2.24) is 20.2 Å². The highest BCUT2D eigenvalue weighted by atomic mass is 32.2. The predicted molar refractivity (Wildman–Crippen MR) is 70.9 cm³/mol. The Labute approximate surface area is 110 Å². The van der Waals surface area contributed by atoms with Gasteiger partial charge < -0.3 is 0 Å². The van der Waals surface area contributed by atoms with Gasteiger partial charge in [0.15, 0.2) is 4.34 Å². The minimum absolute atomic E-state index is 0.925. The monoisotopic (exact) mass is 280 g/mol. The second-order valence-corrected chi connectivity index (χ2v) is 6.76. The van der Waals surface area contributed by atoms with Gasteiger partial charge >= 0.3 is 0 Å². The summed E-state index contributed by atoms with van der Waals surface area (Å²) < 4.78 is 2.05. The Morgan fingerprint density at radius 3 is 2.82 bits per heavy atom. The zero-order valence-electron chi connectivity index (χ0n) is 9.17. The van der Waals surface area contributed by atoms with Crippen molar-refractivity contribution in [2.45, 2.75) is 23.2 Å². The van der Waals surface area contributed by atoms with Gasteiger partial charge in [-0.15, -0.1) is 21.5 Å². The molecule has 0 fully saturated rings. The van der Waals surface area contributed by atoms with Gasteiger partial charge in [0, 0.05) is 0 Å². The first-order chi connectivity index (χ1) is 8.24. The third-order valence-corrected chi connectivity index (χ3v) is 5.31. The molecule has 0 aliphatic carbocycles. The van der Waals surface area contributed by atoms with E-state index in [-0.39, 0.29) is 0 Å². The number of fused-ring (bicyclic) bond motifs is 1. The van der Waals surface area contributed by atoms with Crippen LogP contribution in [0, 0.1) is 13.8 Å². The van der Waals surface area contributed by atoms with Crippen LogP contribution in [-0.2, 0) is 0 Å². The van der Waals surface area contributed by atoms with Gasteiger partial charge in [0.05, 0.1) is 10.2 Å². The van der Waals surface area contributed by atoms with Crippen LogP contribution >= 0.6 is 34.4 Å². The Hall–Kier alpha value is -1.05. The minimum atomic E-state index is 0.925. The van der Waals surface area contributed by atoms with Crippen molar-refractivity contribution in [2.24, 2.45) is 0 Å². The third kappa shape index (κ3) is 2.05. The summed E-state index contributed by atoms with van der Waals surface area (Å²) in [7, 11) is 0. The minimum Gasteiger partial charge on any atom is -0.235 e. The molecular formula is C10H8N4S3. The van der Waals surface area contributed by atoms with Gasteiger partial charge in [-0.3, -0.25) is 0 Å². The second kappa shape index (κ2) is 4.32. The molecule has 86 valence electrons. The van der Waals surface area contributed by atoms with E-state index in [1.54, 1.807) is 40.8 Å². The highest BCUT2D eigenvalue weighted by Gasteiger charge is 2.11. The van der Waals surface area contributed by atoms with Crippen LogP contribution in [0.15, 0.2) is 21.1 Å². The van der Waals surface area contributed by atoms with Crippen LogP contribution in [0.2, 0.25) is 0 Å². The zero-order chi connectivity index (χ0) is 11.8. The number of rotatable bonds is 2. The van der Waals surface area contributed by atoms with E-state index in [4.69, 9.17) is 0 Å². The number of nitrogens with zero attached hydrogens (tertiary/aromatic N) is 4. The first kappa shape index (κ1) is 11.1. The van der Waals surface area contributed by atoms with Crippen LogP contribution in [-0.4, -0.2) is 20.2 Å². The topological polar surface area (TPSA) is 51.6 Å². The molecule has 0 bridgehead atoms. The van der Waals surface area contributed by atoms with E-state index in [2.05, 4.69) is 32.5 Å². The van der Waals surface area contributed by atoms with Crippen molar-refractivity contribution < 1.29 is 0 Å². The third-order valence-electron chi connectivity index (χ3n) is 2.19. The molecule has 4 nitrogen and oxygen atoms in total. The van der Waals surface area contributed by atoms with Crippen LogP contribution < -0.4 is 0 Å². The molecule has 3 heterocycles. The van der Waals surface area contributed by atoms with Crippen LogP contribution in [0.4, 0.5) is 0 Å². The van der Waals surface area contributed by atoms with E-state index < -0.39 is 0 Å². The molecular weight excluding hydrogens is 272 g/mol. The average molecular weight is 280 g/mol. The number of hydrogen-bond donors (Lipinski definition) is 0. The average Bonchev–Trinajstić information content (AvgIpc) is 2.88. The van der Waals surface area contributed by atoms with Gasteiger partial charge in [0.2, 0.25) is 0 Å². The van der Waals surface area contributed by atoms with E-state index in [1.165, 1.54) is 5.56 Å². The molecule has 0 aromatic carbocycles. The van der Waals surface area contributed by atoms with E-state index in [9.17, 15) is 0 Å². The van der Waals surface area contributed by atoms with Gasteiger partial charge in [-0.1, -0.05) is 11.3 Å². The maximum absolute atomic E-state index is 4.33. The van der Waals surface area contributed by atoms with Crippen molar-refractivity contribution in [1.29, 1.82) is 0 Å². The fourth-order valence-electron chi connectivity index (χ4n) is 1.42. The number of aryl methyl sites for hydroxylation is 2. The summed E-state index contributed by atoms with van der Waals surface area (Å²) in [6.07, 6.45) is 1.61. The van der Waals surface area contributed by atoms with Crippen LogP contribution in [0.1, 0.15) is 10.6 Å². The Morgan fingerprint density at radius 2 is 2.06 bits per heavy atom. The Morgan fingerprint density at radius 1 is 1.18 bits per heavy atom. The molecule has 3 aromatic rings. The molecule has 0 saturated heterocycles. The summed E-state index contributed by atoms with van der Waals surface area (Å²) in [5.41, 5.74) is 2.23. The summed E-state index contributed by atoms with van der Waals surface area (Å²) in [5.74, 6) is 0. The lowest BCUT2D eigenvalue weighted by Gasteiger charge is -1.97. The fourth-order valence-corrected chi connectivity index (χ4v) is 4.29. The predicted octanol–water partition coefficient (Wildman–Crippen LogP) is 3.31. The van der Waals surface area contributed by atoms with Crippen LogP contribution in [0.5, 0.6) is 0 Å². The van der Waals surface area contributed by atoms with Crippen molar-refractivity contribution >= 4 is 44.7 Å². The molecule has 0 saturated carbocycles. The largest absolute Gasteiger partial charge is 0.235 e. The molecule has 0 radical (unpaired) electrons. The smallest absolute Gasteiger partial charge is 0.180 e. The lowest BCUT2D eigenvalue weighted by Crippen LogP contribution is -1.83. The Balaban J connectivity index is 2.05. The lowest BCUT2D eigenvalue weighted by molar-refractivity contribution is 0.981. The first-order valence-electron chi connectivity index (χ1n) is 4.91. The molecule has 3 rings (SSSR count). The maximum atomic E-state index is 4.33. The molecule has 0 aliphatic heterocycles. The molecule has 0 amide bonds. The summed E-state index contributed by atoms with van der Waals surface area (Å²) in [4.78, 5) is 8.63. The van der Waals surface area contributed by atoms with Gasteiger partial charge in [0.1, 0.15) is 16.4 Å². The van der Waals surface area contributed by atoms with Crippen LogP contribution in [0.25, 0.3) is 10.2 Å². The highest BCUT2D eigenvalue weighted by Crippen LogP contribution is 2.36. The second-order valence-electron chi connectivity index (χ2n) is 3.46. The van der Waals surface area contributed by atoms with Gasteiger partial charge in [-0.05, 0) is 36.6 Å². The Bertz CT molecular complexity index is 673. The molecule has 0 aliphatic rings. The molecule has 0 N–H and O–H groups in total. The molecule has 7 heteroatoms. The first-order valence-corrected chi connectivity index (χ1v) is 7.42. The standard InChI is InChI=1S/C10H8N4S3/c1-5-3-15-8-7(5)11-4-12-9(8)17-10-14-13-6(2)16-10/h3-4H,1-2H3. The van der Waals surface area contributed by atoms with Crippen molar-refractivity contribution in [2.75, 3.05) is 0 Å². The molecule has 3 aromatic heterocycles. The summed E-state index contributed by atoms with van der Waals surface area (Å²) in [5, 5.41) is 12.1. The number of aromatic nitrogens is 4. The molecule has 17 heavy (non-hydrogen) atoms. The fraction of sp³-hybridized carbons (Fsp3) is 0.200. The van der Waals surface area contributed by atoms with E-state index in [0.717, 1.165) is 24.6 Å². The maximum Gasteiger partial charge on any atom is 0.180 e. The van der Waals surface area contributed by atoms with Crippen LogP contribution in [0.3, 0.4) is 0 Å². The van der Waals surface area contributed by atoms with Crippen molar-refractivity contribution in [3.8, 4) is 0 Å². The SMILES string of the molecule is Cc1nnc(Sc2ncnc3c(C)csc23)s1. The van der Waals surface area contributed by atoms with E-state index >= 15 is 0 Å². The van der Waals surface area contributed by atoms with Gasteiger partial charge in [-0.2, -0.15) is 0 Å². The Kier molecular flexibility index (Phi) is 2.81. The summed E-state index contributed by atoms with van der Waals surface area (Å²) in [6, 6.07) is 0. The van der Waals surface area contributed by atoms with Crippen molar-refractivity contribution in [3.63, 3.8) is 0 Å². The van der Waals surface area contributed by atoms with E-state index in [0.29, 0.717) is 0 Å². The molecule has 0 unspecified atom stereocenters. The summed E-state index contributed by atoms with van der Waals surface area (Å²) in [6.45, 7) is 4.02. The van der Waals surface area contributed by atoms with E-state index in [1.807, 2.05) is 6.92 Å². The number of thiophene rings is 1. The normalized spacial score (nSPS) is 11.2. The highest BCUT2D eigenvalue weighted by molar-refractivity contribution is 8.01.